The van der Waals surface area contributed by atoms with Crippen molar-refractivity contribution in [2.75, 3.05) is 37.7 Å². The van der Waals surface area contributed by atoms with E-state index in [0.29, 0.717) is 18.8 Å². The maximum Gasteiger partial charge on any atom is 0.260 e. The maximum atomic E-state index is 12.2. The van der Waals surface area contributed by atoms with Crippen molar-refractivity contribution in [3.63, 3.8) is 0 Å². The van der Waals surface area contributed by atoms with E-state index in [9.17, 15) is 9.90 Å². The van der Waals surface area contributed by atoms with Crippen molar-refractivity contribution in [1.82, 2.24) is 4.90 Å². The summed E-state index contributed by atoms with van der Waals surface area (Å²) in [5.74, 6) is 0.332. The molecule has 1 amide bonds. The number of carbonyl (C=O) groups excluding carboxylic acids is 1. The Hall–Kier alpha value is -2.69. The van der Waals surface area contributed by atoms with E-state index >= 15 is 0 Å². The number of benzene rings is 2. The van der Waals surface area contributed by atoms with Crippen LogP contribution < -0.4 is 9.64 Å². The number of rotatable bonds is 4. The summed E-state index contributed by atoms with van der Waals surface area (Å²) in [4.78, 5) is 16.3. The molecule has 1 heterocycles. The minimum absolute atomic E-state index is 0.0502. The Morgan fingerprint density at radius 2 is 1.61 bits per heavy atom. The van der Waals surface area contributed by atoms with E-state index in [4.69, 9.17) is 4.74 Å². The number of piperazine rings is 1. The van der Waals surface area contributed by atoms with Crippen LogP contribution in [0.1, 0.15) is 0 Å². The van der Waals surface area contributed by atoms with Gasteiger partial charge >= 0.3 is 0 Å². The molecule has 0 aliphatic carbocycles. The normalized spacial score (nSPS) is 14.6. The van der Waals surface area contributed by atoms with Crippen molar-refractivity contribution < 1.29 is 14.6 Å². The quantitative estimate of drug-likeness (QED) is 0.939. The van der Waals surface area contributed by atoms with Crippen LogP contribution in [-0.2, 0) is 4.79 Å². The van der Waals surface area contributed by atoms with E-state index in [2.05, 4.69) is 17.0 Å². The molecule has 2 aromatic rings. The van der Waals surface area contributed by atoms with Crippen LogP contribution in [0.2, 0.25) is 0 Å². The summed E-state index contributed by atoms with van der Waals surface area (Å²) >= 11 is 0. The van der Waals surface area contributed by atoms with Gasteiger partial charge < -0.3 is 19.6 Å². The highest BCUT2D eigenvalue weighted by atomic mass is 16.5. The Balaban J connectivity index is 1.50. The molecule has 0 spiro atoms. The van der Waals surface area contributed by atoms with Gasteiger partial charge in [-0.25, -0.2) is 0 Å². The first-order valence-electron chi connectivity index (χ1n) is 7.72. The molecule has 0 saturated carbocycles. The lowest BCUT2D eigenvalue weighted by Gasteiger charge is -2.36. The number of aromatic hydroxyl groups is 1. The predicted molar refractivity (Wildman–Crippen MR) is 88.8 cm³/mol. The molecule has 120 valence electrons. The van der Waals surface area contributed by atoms with E-state index in [1.54, 1.807) is 29.2 Å². The Labute approximate surface area is 135 Å². The number of anilines is 1. The third kappa shape index (κ3) is 3.74. The first-order chi connectivity index (χ1) is 11.2. The van der Waals surface area contributed by atoms with Gasteiger partial charge in [0.15, 0.2) is 18.1 Å². The molecule has 1 aliphatic heterocycles. The lowest BCUT2D eigenvalue weighted by molar-refractivity contribution is -0.133. The van der Waals surface area contributed by atoms with Crippen LogP contribution >= 0.6 is 0 Å². The first-order valence-corrected chi connectivity index (χ1v) is 7.72. The average molecular weight is 312 g/mol. The fourth-order valence-corrected chi connectivity index (χ4v) is 2.66. The number of amides is 1. The standard InChI is InChI=1S/C18H20N2O3/c21-16-8-4-5-9-17(16)23-14-18(22)20-12-10-19(11-13-20)15-6-2-1-3-7-15/h1-9,21H,10-14H2. The molecule has 0 aromatic heterocycles. The zero-order chi connectivity index (χ0) is 16.1. The summed E-state index contributed by atoms with van der Waals surface area (Å²) in [5.41, 5.74) is 1.19. The number of carbonyl (C=O) groups is 1. The molecule has 3 rings (SSSR count). The monoisotopic (exact) mass is 312 g/mol. The number of hydrogen-bond acceptors (Lipinski definition) is 4. The van der Waals surface area contributed by atoms with Crippen LogP contribution in [0.15, 0.2) is 54.6 Å². The maximum absolute atomic E-state index is 12.2. The number of phenolic OH excluding ortho intramolecular Hbond substituents is 1. The smallest absolute Gasteiger partial charge is 0.260 e. The molecule has 5 heteroatoms. The number of phenols is 1. The van der Waals surface area contributed by atoms with Crippen LogP contribution in [0.5, 0.6) is 11.5 Å². The molecular weight excluding hydrogens is 292 g/mol. The van der Waals surface area contributed by atoms with E-state index < -0.39 is 0 Å². The molecule has 0 radical (unpaired) electrons. The highest BCUT2D eigenvalue weighted by Crippen LogP contribution is 2.24. The number of para-hydroxylation sites is 3. The van der Waals surface area contributed by atoms with Crippen LogP contribution in [0.4, 0.5) is 5.69 Å². The Morgan fingerprint density at radius 3 is 2.30 bits per heavy atom. The number of nitrogens with zero attached hydrogens (tertiary/aromatic N) is 2. The van der Waals surface area contributed by atoms with Gasteiger partial charge in [-0.05, 0) is 24.3 Å². The molecule has 1 saturated heterocycles. The average Bonchev–Trinajstić information content (AvgIpc) is 2.62. The minimum atomic E-state index is -0.0547. The topological polar surface area (TPSA) is 53.0 Å². The van der Waals surface area contributed by atoms with Gasteiger partial charge in [0, 0.05) is 31.9 Å². The Bertz CT molecular complexity index is 652. The second-order valence-electron chi connectivity index (χ2n) is 5.46. The van der Waals surface area contributed by atoms with E-state index in [1.807, 2.05) is 18.2 Å². The van der Waals surface area contributed by atoms with E-state index in [-0.39, 0.29) is 18.3 Å². The van der Waals surface area contributed by atoms with Crippen molar-refractivity contribution in [2.24, 2.45) is 0 Å². The van der Waals surface area contributed by atoms with E-state index in [1.165, 1.54) is 5.69 Å². The van der Waals surface area contributed by atoms with Gasteiger partial charge in [0.2, 0.25) is 0 Å². The zero-order valence-corrected chi connectivity index (χ0v) is 12.9. The van der Waals surface area contributed by atoms with Gasteiger partial charge in [-0.3, -0.25) is 4.79 Å². The molecule has 23 heavy (non-hydrogen) atoms. The Kier molecular flexibility index (Phi) is 4.66. The largest absolute Gasteiger partial charge is 0.504 e. The number of hydrogen-bond donors (Lipinski definition) is 1. The van der Waals surface area contributed by atoms with E-state index in [0.717, 1.165) is 13.1 Å². The SMILES string of the molecule is O=C(COc1ccccc1O)N1CCN(c2ccccc2)CC1. The fraction of sp³-hybridized carbons (Fsp3) is 0.278. The molecule has 0 unspecified atom stereocenters. The van der Waals surface area contributed by atoms with Gasteiger partial charge in [-0.15, -0.1) is 0 Å². The zero-order valence-electron chi connectivity index (χ0n) is 12.9. The molecule has 1 fully saturated rings. The second-order valence-corrected chi connectivity index (χ2v) is 5.46. The van der Waals surface area contributed by atoms with Gasteiger partial charge in [-0.2, -0.15) is 0 Å². The fourth-order valence-electron chi connectivity index (χ4n) is 2.66. The molecule has 1 N–H and O–H groups in total. The van der Waals surface area contributed by atoms with Crippen molar-refractivity contribution >= 4 is 11.6 Å². The van der Waals surface area contributed by atoms with Crippen LogP contribution in [0.25, 0.3) is 0 Å². The molecule has 1 aliphatic rings. The van der Waals surface area contributed by atoms with Crippen LogP contribution in [-0.4, -0.2) is 48.7 Å². The molecule has 2 aromatic carbocycles. The lowest BCUT2D eigenvalue weighted by Crippen LogP contribution is -2.50. The van der Waals surface area contributed by atoms with Gasteiger partial charge in [0.05, 0.1) is 0 Å². The van der Waals surface area contributed by atoms with Crippen LogP contribution in [0.3, 0.4) is 0 Å². The van der Waals surface area contributed by atoms with Gasteiger partial charge in [-0.1, -0.05) is 30.3 Å². The minimum Gasteiger partial charge on any atom is -0.504 e. The second kappa shape index (κ2) is 7.05. The van der Waals surface area contributed by atoms with Gasteiger partial charge in [0.1, 0.15) is 0 Å². The van der Waals surface area contributed by atoms with Crippen molar-refractivity contribution in [3.8, 4) is 11.5 Å². The third-order valence-corrected chi connectivity index (χ3v) is 3.97. The number of ether oxygens (including phenoxy) is 1. The summed E-state index contributed by atoms with van der Waals surface area (Å²) in [6.07, 6.45) is 0. The summed E-state index contributed by atoms with van der Waals surface area (Å²) in [6.45, 7) is 2.93. The first kappa shape index (κ1) is 15.2. The molecule has 5 nitrogen and oxygen atoms in total. The predicted octanol–water partition coefficient (Wildman–Crippen LogP) is 2.12. The summed E-state index contributed by atoms with van der Waals surface area (Å²) < 4.78 is 5.41. The summed E-state index contributed by atoms with van der Waals surface area (Å²) in [6, 6.07) is 16.9. The van der Waals surface area contributed by atoms with Gasteiger partial charge in [0.25, 0.3) is 5.91 Å². The third-order valence-electron chi connectivity index (χ3n) is 3.97. The molecule has 0 bridgehead atoms. The summed E-state index contributed by atoms with van der Waals surface area (Å²) in [7, 11) is 0. The highest BCUT2D eigenvalue weighted by molar-refractivity contribution is 5.78. The Morgan fingerprint density at radius 1 is 0.957 bits per heavy atom. The molecular formula is C18H20N2O3. The lowest BCUT2D eigenvalue weighted by atomic mass is 10.2. The van der Waals surface area contributed by atoms with Crippen molar-refractivity contribution in [1.29, 1.82) is 0 Å². The summed E-state index contributed by atoms with van der Waals surface area (Å²) in [5, 5.41) is 9.64. The molecule has 0 atom stereocenters. The van der Waals surface area contributed by atoms with Crippen molar-refractivity contribution in [2.45, 2.75) is 0 Å². The highest BCUT2D eigenvalue weighted by Gasteiger charge is 2.21. The van der Waals surface area contributed by atoms with Crippen LogP contribution in [0, 0.1) is 0 Å². The van der Waals surface area contributed by atoms with Crippen molar-refractivity contribution in [3.05, 3.63) is 54.6 Å².